The van der Waals surface area contributed by atoms with E-state index in [0.717, 1.165) is 36.3 Å². The molecule has 0 saturated carbocycles. The van der Waals surface area contributed by atoms with Gasteiger partial charge in [0.1, 0.15) is 5.69 Å². The highest BCUT2D eigenvalue weighted by Crippen LogP contribution is 2.39. The van der Waals surface area contributed by atoms with E-state index in [0.29, 0.717) is 0 Å². The normalized spacial score (nSPS) is 11.9. The fourth-order valence-corrected chi connectivity index (χ4v) is 3.61. The van der Waals surface area contributed by atoms with Gasteiger partial charge < -0.3 is 0 Å². The van der Waals surface area contributed by atoms with Gasteiger partial charge in [-0.15, -0.1) is 0 Å². The second-order valence-electron chi connectivity index (χ2n) is 6.09. The van der Waals surface area contributed by atoms with Crippen LogP contribution in [0, 0.1) is 0 Å². The summed E-state index contributed by atoms with van der Waals surface area (Å²) in [5.41, 5.74) is 6.64. The molecule has 0 spiro atoms. The molecule has 0 aliphatic carbocycles. The summed E-state index contributed by atoms with van der Waals surface area (Å²) in [6, 6.07) is 16.4. The van der Waals surface area contributed by atoms with Crippen LogP contribution in [0.15, 0.2) is 60.9 Å². The molecule has 4 heterocycles. The van der Waals surface area contributed by atoms with Crippen molar-refractivity contribution in [2.24, 2.45) is 0 Å². The van der Waals surface area contributed by atoms with Gasteiger partial charge in [-0.1, -0.05) is 52.0 Å². The zero-order valence-electron chi connectivity index (χ0n) is 17.2. The number of hydrogen-bond acceptors (Lipinski definition) is 3. The van der Waals surface area contributed by atoms with Crippen molar-refractivity contribution in [2.45, 2.75) is 47.1 Å². The van der Waals surface area contributed by atoms with E-state index in [4.69, 9.17) is 5.10 Å². The molecule has 3 aromatic heterocycles. The maximum absolute atomic E-state index is 4.88. The molecule has 0 fully saturated rings. The number of benzene rings is 1. The SMILES string of the molecule is CC.CC.c1ccc(-c2nn3c(c2-c2ccnc4ccccc24)CCC3)nc1. The van der Waals surface area contributed by atoms with Crippen LogP contribution >= 0.6 is 0 Å². The topological polar surface area (TPSA) is 43.6 Å². The van der Waals surface area contributed by atoms with Gasteiger partial charge in [-0.3, -0.25) is 14.6 Å². The number of aromatic nitrogens is 4. The van der Waals surface area contributed by atoms with Crippen molar-refractivity contribution in [3.63, 3.8) is 0 Å². The maximum atomic E-state index is 4.88. The average Bonchev–Trinajstić information content (AvgIpc) is 3.38. The van der Waals surface area contributed by atoms with Crippen LogP contribution in [0.2, 0.25) is 0 Å². The Morgan fingerprint density at radius 2 is 1.61 bits per heavy atom. The van der Waals surface area contributed by atoms with E-state index in [1.807, 2.05) is 64.4 Å². The van der Waals surface area contributed by atoms with Crippen LogP contribution in [0.1, 0.15) is 39.8 Å². The van der Waals surface area contributed by atoms with Crippen molar-refractivity contribution in [2.75, 3.05) is 0 Å². The van der Waals surface area contributed by atoms with Crippen molar-refractivity contribution in [3.05, 3.63) is 66.6 Å². The van der Waals surface area contributed by atoms with Crippen molar-refractivity contribution in [3.8, 4) is 22.5 Å². The third-order valence-electron chi connectivity index (χ3n) is 4.67. The molecule has 0 amide bonds. The molecule has 144 valence electrons. The van der Waals surface area contributed by atoms with E-state index in [2.05, 4.69) is 38.9 Å². The molecule has 0 radical (unpaired) electrons. The van der Waals surface area contributed by atoms with E-state index in [1.165, 1.54) is 22.2 Å². The standard InChI is InChI=1S/C20H16N4.2C2H6/c1-2-7-16-14(6-1)15(10-12-22-16)19-18-9-5-13-24(18)23-20(19)17-8-3-4-11-21-17;2*1-2/h1-4,6-8,10-12H,5,9,13H2;2*1-2H3. The van der Waals surface area contributed by atoms with Crippen molar-refractivity contribution in [1.82, 2.24) is 19.7 Å². The first-order chi connectivity index (χ1) is 13.9. The fourth-order valence-electron chi connectivity index (χ4n) is 3.61. The summed E-state index contributed by atoms with van der Waals surface area (Å²) in [6.45, 7) is 8.98. The highest BCUT2D eigenvalue weighted by Gasteiger charge is 2.25. The zero-order valence-corrected chi connectivity index (χ0v) is 17.2. The zero-order chi connectivity index (χ0) is 19.9. The third kappa shape index (κ3) is 3.55. The summed E-state index contributed by atoms with van der Waals surface area (Å²) in [5.74, 6) is 0. The first-order valence-electron chi connectivity index (χ1n) is 10.3. The van der Waals surface area contributed by atoms with Crippen LogP contribution in [0.3, 0.4) is 0 Å². The minimum atomic E-state index is 0.926. The summed E-state index contributed by atoms with van der Waals surface area (Å²) >= 11 is 0. The molecule has 4 heteroatoms. The van der Waals surface area contributed by atoms with Crippen LogP contribution in [-0.4, -0.2) is 19.7 Å². The molecule has 0 bridgehead atoms. The maximum Gasteiger partial charge on any atom is 0.119 e. The molecule has 0 unspecified atom stereocenters. The quantitative estimate of drug-likeness (QED) is 0.423. The second kappa shape index (κ2) is 9.27. The summed E-state index contributed by atoms with van der Waals surface area (Å²) in [7, 11) is 0. The summed E-state index contributed by atoms with van der Waals surface area (Å²) in [4.78, 5) is 9.04. The van der Waals surface area contributed by atoms with Gasteiger partial charge in [-0.2, -0.15) is 5.10 Å². The number of rotatable bonds is 2. The largest absolute Gasteiger partial charge is 0.268 e. The predicted molar refractivity (Wildman–Crippen MR) is 117 cm³/mol. The Hall–Kier alpha value is -3.01. The number of aryl methyl sites for hydroxylation is 1. The van der Waals surface area contributed by atoms with Gasteiger partial charge in [-0.25, -0.2) is 0 Å². The Morgan fingerprint density at radius 3 is 2.39 bits per heavy atom. The molecule has 5 rings (SSSR count). The molecule has 1 aromatic carbocycles. The molecular formula is C24H28N4. The monoisotopic (exact) mass is 372 g/mol. The number of pyridine rings is 2. The highest BCUT2D eigenvalue weighted by atomic mass is 15.3. The van der Waals surface area contributed by atoms with Crippen LogP contribution in [0.25, 0.3) is 33.4 Å². The van der Waals surface area contributed by atoms with Gasteiger partial charge in [0.2, 0.25) is 0 Å². The Labute approximate surface area is 167 Å². The molecule has 1 aliphatic heterocycles. The first kappa shape index (κ1) is 19.7. The Balaban J connectivity index is 0.000000531. The van der Waals surface area contributed by atoms with E-state index in [1.54, 1.807) is 0 Å². The lowest BCUT2D eigenvalue weighted by Gasteiger charge is -2.08. The number of para-hydroxylation sites is 1. The van der Waals surface area contributed by atoms with Gasteiger partial charge in [0.25, 0.3) is 0 Å². The number of hydrogen-bond donors (Lipinski definition) is 0. The number of fused-ring (bicyclic) bond motifs is 2. The fraction of sp³-hybridized carbons (Fsp3) is 0.292. The van der Waals surface area contributed by atoms with Crippen molar-refractivity contribution >= 4 is 10.9 Å². The van der Waals surface area contributed by atoms with Gasteiger partial charge >= 0.3 is 0 Å². The highest BCUT2D eigenvalue weighted by molar-refractivity contribution is 5.98. The van der Waals surface area contributed by atoms with Gasteiger partial charge in [0.15, 0.2) is 0 Å². The molecule has 4 nitrogen and oxygen atoms in total. The molecule has 4 aromatic rings. The Morgan fingerprint density at radius 1 is 0.821 bits per heavy atom. The van der Waals surface area contributed by atoms with Crippen LogP contribution in [0.4, 0.5) is 0 Å². The lowest BCUT2D eigenvalue weighted by atomic mass is 9.97. The van der Waals surface area contributed by atoms with Crippen LogP contribution < -0.4 is 0 Å². The predicted octanol–water partition coefficient (Wildman–Crippen LogP) is 6.16. The van der Waals surface area contributed by atoms with Crippen molar-refractivity contribution < 1.29 is 0 Å². The smallest absolute Gasteiger partial charge is 0.119 e. The summed E-state index contributed by atoms with van der Waals surface area (Å²) in [5, 5.41) is 6.04. The van der Waals surface area contributed by atoms with E-state index >= 15 is 0 Å². The average molecular weight is 373 g/mol. The van der Waals surface area contributed by atoms with E-state index in [9.17, 15) is 0 Å². The molecule has 0 N–H and O–H groups in total. The molecular weight excluding hydrogens is 344 g/mol. The lowest BCUT2D eigenvalue weighted by molar-refractivity contribution is 0.658. The molecule has 1 aliphatic rings. The third-order valence-corrected chi connectivity index (χ3v) is 4.67. The minimum Gasteiger partial charge on any atom is -0.268 e. The van der Waals surface area contributed by atoms with Crippen molar-refractivity contribution in [1.29, 1.82) is 0 Å². The van der Waals surface area contributed by atoms with E-state index in [-0.39, 0.29) is 0 Å². The Kier molecular flexibility index (Phi) is 6.53. The van der Waals surface area contributed by atoms with Crippen LogP contribution in [0.5, 0.6) is 0 Å². The van der Waals surface area contributed by atoms with Gasteiger partial charge in [0, 0.05) is 35.6 Å². The summed E-state index contributed by atoms with van der Waals surface area (Å²) in [6.07, 6.45) is 5.93. The molecule has 28 heavy (non-hydrogen) atoms. The number of nitrogens with zero attached hydrogens (tertiary/aromatic N) is 4. The molecule has 0 atom stereocenters. The second-order valence-corrected chi connectivity index (χ2v) is 6.09. The van der Waals surface area contributed by atoms with E-state index < -0.39 is 0 Å². The van der Waals surface area contributed by atoms with Crippen LogP contribution in [-0.2, 0) is 13.0 Å². The lowest BCUT2D eigenvalue weighted by Crippen LogP contribution is -1.94. The van der Waals surface area contributed by atoms with Gasteiger partial charge in [-0.05, 0) is 42.7 Å². The molecule has 0 saturated heterocycles. The Bertz CT molecular complexity index is 1030. The minimum absolute atomic E-state index is 0.926. The summed E-state index contributed by atoms with van der Waals surface area (Å²) < 4.78 is 2.15. The van der Waals surface area contributed by atoms with Gasteiger partial charge in [0.05, 0.1) is 11.2 Å². The first-order valence-corrected chi connectivity index (χ1v) is 10.3.